The van der Waals surface area contributed by atoms with Crippen LogP contribution in [0.15, 0.2) is 355 Å². The zero-order valence-corrected chi connectivity index (χ0v) is 66.7. The van der Waals surface area contributed by atoms with E-state index in [0.29, 0.717) is 0 Å². The Bertz CT molecular complexity index is 8210. The fourth-order valence-electron chi connectivity index (χ4n) is 20.5. The molecule has 1 heterocycles. The van der Waals surface area contributed by atoms with Crippen LogP contribution in [0.5, 0.6) is 0 Å². The molecule has 24 aromatic rings. The Kier molecular flexibility index (Phi) is 16.1. The second kappa shape index (κ2) is 26.5. The van der Waals surface area contributed by atoms with Crippen LogP contribution in [-0.2, 0) is 9.31 Å². The maximum absolute atomic E-state index is 6.28. The molecule has 0 aromatic heterocycles. The number of halogens is 2. The number of hydrogen-bond donors (Lipinski definition) is 0. The van der Waals surface area contributed by atoms with E-state index < -0.39 is 0 Å². The first-order valence-corrected chi connectivity index (χ1v) is 41.5. The molecule has 2 nitrogen and oxygen atoms in total. The summed E-state index contributed by atoms with van der Waals surface area (Å²) >= 11 is 7.69. The van der Waals surface area contributed by atoms with Gasteiger partial charge < -0.3 is 9.31 Å². The van der Waals surface area contributed by atoms with Gasteiger partial charge in [0.1, 0.15) is 0 Å². The molecule has 0 N–H and O–H groups in total. The van der Waals surface area contributed by atoms with Gasteiger partial charge in [-0.1, -0.05) is 318 Å². The summed E-state index contributed by atoms with van der Waals surface area (Å²) in [4.78, 5) is 0. The first-order chi connectivity index (χ1) is 56.4. The van der Waals surface area contributed by atoms with Crippen molar-refractivity contribution in [3.05, 3.63) is 355 Å². The standard InChI is InChI=1S/C52H28.C38H20Br2.C20H21BO2.2CH4/c1-3-11-29(12-4-1)46-43-28-40-39(37-20-10-19-36-35-18-8-7-15-33(35)25-41(40)49(36)37)27-42(43)47(30-13-5-2-6-14-30)52-44-26-34-17-9-16-31-21-22-32-23-24-38(51(46)52)50(44)48(32)45(31)34;39-30-19-27-28(20-31(30)40)34(22-10-5-2-6-11-22)38-29-18-25-13-7-12-23-14-15-24-16-17-26(36(29)35(24)32(23)25)37(38)33(27)21-8-3-1-4-9-21;1-19(2)20(3,4)23-21(22-19)18-13-14-9-5-6-10-15(14)16-11-7-8-12-17(16)18;;/h1-28H;1-20H;5-13H,1-4H3;2*1H4. The Morgan fingerprint density at radius 3 is 1.13 bits per heavy atom. The van der Waals surface area contributed by atoms with Gasteiger partial charge in [0.2, 0.25) is 0 Å². The third kappa shape index (κ3) is 10.3. The minimum absolute atomic E-state index is 0. The minimum Gasteiger partial charge on any atom is -0.399 e. The molecule has 0 saturated carbocycles. The lowest BCUT2D eigenvalue weighted by Crippen LogP contribution is -2.41. The van der Waals surface area contributed by atoms with E-state index in [-0.39, 0.29) is 33.2 Å². The van der Waals surface area contributed by atoms with Crippen LogP contribution < -0.4 is 5.46 Å². The van der Waals surface area contributed by atoms with Crippen LogP contribution in [0.2, 0.25) is 0 Å². The van der Waals surface area contributed by atoms with E-state index in [0.717, 1.165) is 14.4 Å². The van der Waals surface area contributed by atoms with Crippen LogP contribution in [0, 0.1) is 0 Å². The normalized spacial score (nSPS) is 13.6. The summed E-state index contributed by atoms with van der Waals surface area (Å²) < 4.78 is 14.7. The van der Waals surface area contributed by atoms with Crippen molar-refractivity contribution in [2.24, 2.45) is 0 Å². The highest BCUT2D eigenvalue weighted by atomic mass is 79.9. The third-order valence-corrected chi connectivity index (χ3v) is 28.0. The maximum atomic E-state index is 6.28. The summed E-state index contributed by atoms with van der Waals surface area (Å²) in [7, 11) is -0.338. The summed E-state index contributed by atoms with van der Waals surface area (Å²) in [5.74, 6) is 0. The molecule has 0 unspecified atom stereocenters. The highest BCUT2D eigenvalue weighted by Gasteiger charge is 2.52. The van der Waals surface area contributed by atoms with Crippen molar-refractivity contribution in [1.82, 2.24) is 0 Å². The fraction of sp³-hybridized carbons (Fsp3) is 0.0714. The van der Waals surface area contributed by atoms with Crippen LogP contribution >= 0.6 is 31.9 Å². The minimum atomic E-state index is -0.338. The van der Waals surface area contributed by atoms with Crippen molar-refractivity contribution >= 4 is 217 Å². The average molecular weight is 1630 g/mol. The Labute approximate surface area is 695 Å². The van der Waals surface area contributed by atoms with Crippen LogP contribution in [0.25, 0.3) is 239 Å². The van der Waals surface area contributed by atoms with Crippen LogP contribution in [0.3, 0.4) is 0 Å². The van der Waals surface area contributed by atoms with E-state index in [9.17, 15) is 0 Å². The highest BCUT2D eigenvalue weighted by Crippen LogP contribution is 2.61. The van der Waals surface area contributed by atoms with Gasteiger partial charge in [-0.2, -0.15) is 0 Å². The Morgan fingerprint density at radius 2 is 0.573 bits per heavy atom. The summed E-state index contributed by atoms with van der Waals surface area (Å²) in [6, 6.07) is 128. The topological polar surface area (TPSA) is 18.5 Å². The Balaban J connectivity index is 0.000000113. The summed E-state index contributed by atoms with van der Waals surface area (Å²) in [5.41, 5.74) is 16.0. The van der Waals surface area contributed by atoms with Crippen molar-refractivity contribution < 1.29 is 9.31 Å². The molecule has 0 atom stereocenters. The lowest BCUT2D eigenvalue weighted by Gasteiger charge is -2.32. The second-order valence-corrected chi connectivity index (χ2v) is 34.4. The van der Waals surface area contributed by atoms with E-state index in [4.69, 9.17) is 9.31 Å². The smallest absolute Gasteiger partial charge is 0.399 e. The molecular weight excluding hydrogens is 1550 g/mol. The summed E-state index contributed by atoms with van der Waals surface area (Å²) in [5, 5.41) is 42.1. The van der Waals surface area contributed by atoms with Gasteiger partial charge in [-0.05, 0) is 347 Å². The first kappa shape index (κ1) is 71.0. The van der Waals surface area contributed by atoms with Gasteiger partial charge in [-0.15, -0.1) is 0 Å². The molecule has 554 valence electrons. The van der Waals surface area contributed by atoms with Crippen molar-refractivity contribution in [2.45, 2.75) is 53.8 Å². The van der Waals surface area contributed by atoms with Gasteiger partial charge in [0.05, 0.1) is 11.2 Å². The number of benzene rings is 22. The van der Waals surface area contributed by atoms with Crippen LogP contribution in [-0.4, -0.2) is 18.3 Å². The average Bonchev–Trinajstić information content (AvgIpc) is 1.53. The van der Waals surface area contributed by atoms with Crippen molar-refractivity contribution in [1.29, 1.82) is 0 Å². The van der Waals surface area contributed by atoms with E-state index in [2.05, 4.69) is 405 Å². The predicted octanol–water partition coefficient (Wildman–Crippen LogP) is 32.7. The molecule has 1 aliphatic carbocycles. The Hall–Kier alpha value is -12.6. The van der Waals surface area contributed by atoms with E-state index >= 15 is 0 Å². The number of hydrogen-bond acceptors (Lipinski definition) is 2. The van der Waals surface area contributed by atoms with Gasteiger partial charge in [-0.3, -0.25) is 0 Å². The van der Waals surface area contributed by atoms with Gasteiger partial charge in [0.25, 0.3) is 0 Å². The Morgan fingerprint density at radius 1 is 0.205 bits per heavy atom. The molecule has 26 rings (SSSR count). The second-order valence-electron chi connectivity index (χ2n) is 32.7. The molecular formula is C112H77BBr2O2. The summed E-state index contributed by atoms with van der Waals surface area (Å²) in [6.45, 7) is 8.37. The highest BCUT2D eigenvalue weighted by molar-refractivity contribution is 9.13. The molecule has 0 bridgehead atoms. The summed E-state index contributed by atoms with van der Waals surface area (Å²) in [6.07, 6.45) is 0. The molecule has 1 saturated heterocycles. The van der Waals surface area contributed by atoms with E-state index in [1.165, 1.54) is 239 Å². The third-order valence-electron chi connectivity index (χ3n) is 26.2. The molecule has 117 heavy (non-hydrogen) atoms. The van der Waals surface area contributed by atoms with Gasteiger partial charge in [0.15, 0.2) is 0 Å². The van der Waals surface area contributed by atoms with Gasteiger partial charge in [-0.25, -0.2) is 0 Å². The van der Waals surface area contributed by atoms with Crippen LogP contribution in [0.4, 0.5) is 0 Å². The molecule has 0 spiro atoms. The fourth-order valence-corrected chi connectivity index (χ4v) is 21.2. The molecule has 24 aromatic carbocycles. The number of rotatable bonds is 5. The maximum Gasteiger partial charge on any atom is 0.495 e. The van der Waals surface area contributed by atoms with Gasteiger partial charge >= 0.3 is 7.12 Å². The van der Waals surface area contributed by atoms with Gasteiger partial charge in [0, 0.05) is 8.95 Å². The predicted molar refractivity (Wildman–Crippen MR) is 515 cm³/mol. The van der Waals surface area contributed by atoms with Crippen molar-refractivity contribution in [2.75, 3.05) is 0 Å². The van der Waals surface area contributed by atoms with E-state index in [1.807, 2.05) is 0 Å². The molecule has 0 radical (unpaired) electrons. The lowest BCUT2D eigenvalue weighted by molar-refractivity contribution is 0.00578. The first-order valence-electron chi connectivity index (χ1n) is 39.9. The van der Waals surface area contributed by atoms with Crippen molar-refractivity contribution in [3.63, 3.8) is 0 Å². The van der Waals surface area contributed by atoms with Crippen molar-refractivity contribution in [3.8, 4) is 66.8 Å². The monoisotopic (exact) mass is 1620 g/mol. The quantitative estimate of drug-likeness (QED) is 0.126. The number of fused-ring (bicyclic) bond motifs is 16. The zero-order chi connectivity index (χ0) is 76.4. The molecule has 2 aliphatic rings. The molecule has 0 amide bonds. The largest absolute Gasteiger partial charge is 0.495 e. The molecule has 5 heteroatoms. The SMILES string of the molecule is Brc1cc2c(-c3ccccc3)c3c(c(-c4ccccc4)c2cc1Br)-c1cc2cccc4ccc5ccc-3c1c5c42.C.C.CC1(C)OB(c2cc3ccccc3c3ccccc23)OC1(C)C.c1ccc(-c2c3cc4c(cc3c(-c3ccccc3)c3c5cc6cccc7ccc8ccc(c23)c5c8c76)c2cccc3c5ccccc5cc4c32)cc1. The van der Waals surface area contributed by atoms with Crippen LogP contribution in [0.1, 0.15) is 42.5 Å². The molecule has 1 aliphatic heterocycles. The lowest BCUT2D eigenvalue weighted by atomic mass is 9.75. The molecule has 1 fully saturated rings. The van der Waals surface area contributed by atoms with E-state index in [1.54, 1.807) is 0 Å². The zero-order valence-electron chi connectivity index (χ0n) is 63.6.